The van der Waals surface area contributed by atoms with Crippen molar-refractivity contribution in [2.45, 2.75) is 33.6 Å². The van der Waals surface area contributed by atoms with Gasteiger partial charge in [-0.15, -0.1) is 0 Å². The second kappa shape index (κ2) is 9.94. The lowest BCUT2D eigenvalue weighted by molar-refractivity contribution is -0.600. The molecule has 3 aromatic rings. The van der Waals surface area contributed by atoms with Crippen LogP contribution in [0.1, 0.15) is 41.0 Å². The fourth-order valence-corrected chi connectivity index (χ4v) is 3.63. The number of aryl methyl sites for hydroxylation is 3. The first-order valence-electron chi connectivity index (χ1n) is 10.5. The largest absolute Gasteiger partial charge is 0.618 e. The van der Waals surface area contributed by atoms with Gasteiger partial charge in [0.05, 0.1) is 0 Å². The lowest BCUT2D eigenvalue weighted by Crippen LogP contribution is -2.36. The molecule has 0 aliphatic carbocycles. The van der Waals surface area contributed by atoms with Crippen molar-refractivity contribution in [3.05, 3.63) is 94.8 Å². The van der Waals surface area contributed by atoms with Crippen molar-refractivity contribution in [2.24, 2.45) is 0 Å². The van der Waals surface area contributed by atoms with Crippen LogP contribution in [0.25, 0.3) is 11.3 Å². The van der Waals surface area contributed by atoms with E-state index in [0.717, 1.165) is 34.4 Å². The number of para-hydroxylation sites is 1. The Bertz CT molecular complexity index is 1070. The van der Waals surface area contributed by atoms with Crippen molar-refractivity contribution in [2.75, 3.05) is 11.9 Å². The Labute approximate surface area is 183 Å². The molecule has 160 valence electrons. The summed E-state index contributed by atoms with van der Waals surface area (Å²) < 4.78 is 6.61. The number of carbonyl (C=O) groups excluding carboxylic acids is 1. The number of aromatic nitrogens is 1. The molecule has 5 nitrogen and oxygen atoms in total. The first kappa shape index (κ1) is 22.1. The van der Waals surface area contributed by atoms with Crippen LogP contribution in [0, 0.1) is 12.1 Å². The Kier molecular flexibility index (Phi) is 7.08. The third kappa shape index (κ3) is 4.61. The zero-order valence-electron chi connectivity index (χ0n) is 18.3. The Morgan fingerprint density at radius 1 is 1.10 bits per heavy atom. The second-order valence-corrected chi connectivity index (χ2v) is 7.25. The van der Waals surface area contributed by atoms with E-state index in [1.165, 1.54) is 0 Å². The average Bonchev–Trinajstić information content (AvgIpc) is 2.79. The molecule has 0 atom stereocenters. The lowest BCUT2D eigenvalue weighted by Gasteiger charge is -2.18. The van der Waals surface area contributed by atoms with Crippen molar-refractivity contribution >= 4 is 11.6 Å². The summed E-state index contributed by atoms with van der Waals surface area (Å²) in [5, 5.41) is 16.2. The van der Waals surface area contributed by atoms with Crippen molar-refractivity contribution < 1.29 is 14.3 Å². The van der Waals surface area contributed by atoms with Crippen molar-refractivity contribution in [3.8, 4) is 17.0 Å². The van der Waals surface area contributed by atoms with Crippen molar-refractivity contribution in [3.63, 3.8) is 0 Å². The van der Waals surface area contributed by atoms with E-state index >= 15 is 0 Å². The van der Waals surface area contributed by atoms with Gasteiger partial charge in [0.25, 0.3) is 5.91 Å². The maximum Gasteiger partial charge on any atom is 0.266 e. The van der Waals surface area contributed by atoms with E-state index in [1.807, 2.05) is 48.5 Å². The predicted molar refractivity (Wildman–Crippen MR) is 124 cm³/mol. The normalized spacial score (nSPS) is 10.5. The summed E-state index contributed by atoms with van der Waals surface area (Å²) in [5.74, 6) is -0.0222. The van der Waals surface area contributed by atoms with Gasteiger partial charge in [0.15, 0.2) is 11.3 Å². The summed E-state index contributed by atoms with van der Waals surface area (Å²) in [4.78, 5) is 13.6. The van der Waals surface area contributed by atoms with E-state index in [4.69, 9.17) is 4.74 Å². The van der Waals surface area contributed by atoms with Crippen molar-refractivity contribution in [1.82, 2.24) is 0 Å². The first-order valence-corrected chi connectivity index (χ1v) is 10.5. The number of benzene rings is 2. The molecule has 0 spiro atoms. The quantitative estimate of drug-likeness (QED) is 0.310. The highest BCUT2D eigenvalue weighted by molar-refractivity contribution is 6.10. The molecule has 2 aromatic carbocycles. The molecule has 1 aromatic heterocycles. The van der Waals surface area contributed by atoms with Crippen LogP contribution in [0.5, 0.6) is 5.75 Å². The fraction of sp³-hybridized carbons (Fsp3) is 0.231. The highest BCUT2D eigenvalue weighted by Gasteiger charge is 2.29. The molecular weight excluding hydrogens is 388 g/mol. The van der Waals surface area contributed by atoms with E-state index in [1.54, 1.807) is 19.1 Å². The number of carbonyl (C=O) groups is 1. The van der Waals surface area contributed by atoms with E-state index in [-0.39, 0.29) is 23.8 Å². The molecule has 1 heterocycles. The van der Waals surface area contributed by atoms with Crippen LogP contribution < -0.4 is 14.8 Å². The number of hydrogen-bond acceptors (Lipinski definition) is 3. The van der Waals surface area contributed by atoms with E-state index in [9.17, 15) is 10.0 Å². The van der Waals surface area contributed by atoms with Gasteiger partial charge in [-0.25, -0.2) is 0 Å². The third-order valence-corrected chi connectivity index (χ3v) is 5.21. The number of ether oxygens (including phenoxy) is 1. The van der Waals surface area contributed by atoms with Gasteiger partial charge in [-0.3, -0.25) is 4.79 Å². The Morgan fingerprint density at radius 3 is 2.32 bits per heavy atom. The first-order chi connectivity index (χ1) is 15.0. The minimum atomic E-state index is -0.377. The van der Waals surface area contributed by atoms with Gasteiger partial charge >= 0.3 is 0 Å². The average molecular weight is 417 g/mol. The van der Waals surface area contributed by atoms with Gasteiger partial charge in [0.1, 0.15) is 12.4 Å². The molecule has 0 bridgehead atoms. The van der Waals surface area contributed by atoms with Crippen LogP contribution in [-0.2, 0) is 12.8 Å². The van der Waals surface area contributed by atoms with Crippen LogP contribution in [0.3, 0.4) is 0 Å². The molecule has 0 aliphatic heterocycles. The van der Waals surface area contributed by atoms with Crippen molar-refractivity contribution in [1.29, 1.82) is 0 Å². The van der Waals surface area contributed by atoms with E-state index in [2.05, 4.69) is 25.7 Å². The molecule has 0 saturated heterocycles. The smallest absolute Gasteiger partial charge is 0.266 e. The number of pyridine rings is 1. The number of nitrogens with one attached hydrogen (secondary N) is 1. The van der Waals surface area contributed by atoms with Gasteiger partial charge in [0, 0.05) is 24.2 Å². The number of amides is 1. The SMILES string of the molecule is C=CCOc1cc(C)[n+]([O-])c(-c2ccccc2)c1C(=O)Nc1c(CC)cccc1CC. The summed E-state index contributed by atoms with van der Waals surface area (Å²) in [5.41, 5.74) is 4.45. The molecule has 0 fully saturated rings. The van der Waals surface area contributed by atoms with E-state index < -0.39 is 0 Å². The summed E-state index contributed by atoms with van der Waals surface area (Å²) in [6.45, 7) is 9.72. The van der Waals surface area contributed by atoms with Gasteiger partial charge in [-0.2, -0.15) is 4.73 Å². The van der Waals surface area contributed by atoms with E-state index in [0.29, 0.717) is 17.0 Å². The molecule has 0 saturated carbocycles. The van der Waals surface area contributed by atoms with Gasteiger partial charge in [0.2, 0.25) is 5.69 Å². The molecule has 0 unspecified atom stereocenters. The summed E-state index contributed by atoms with van der Waals surface area (Å²) in [7, 11) is 0. The standard InChI is InChI=1S/C26H28N2O3/c1-5-16-31-22-17-18(4)28(30)25(21-12-9-8-10-13-21)23(22)26(29)27-24-19(6-2)14-11-15-20(24)7-3/h5,8-15,17H,1,6-7,16H2,2-4H3,(H,27,29). The Morgan fingerprint density at radius 2 is 1.74 bits per heavy atom. The number of anilines is 1. The molecule has 5 heteroatoms. The minimum absolute atomic E-state index is 0.210. The maximum absolute atomic E-state index is 13.6. The highest BCUT2D eigenvalue weighted by atomic mass is 16.5. The van der Waals surface area contributed by atoms with Gasteiger partial charge in [-0.1, -0.05) is 62.9 Å². The van der Waals surface area contributed by atoms with Gasteiger partial charge < -0.3 is 15.3 Å². The third-order valence-electron chi connectivity index (χ3n) is 5.21. The zero-order valence-corrected chi connectivity index (χ0v) is 18.3. The minimum Gasteiger partial charge on any atom is -0.618 e. The number of hydrogen-bond donors (Lipinski definition) is 1. The van der Waals surface area contributed by atoms with Crippen LogP contribution >= 0.6 is 0 Å². The predicted octanol–water partition coefficient (Wildman–Crippen LogP) is 5.24. The molecule has 31 heavy (non-hydrogen) atoms. The summed E-state index contributed by atoms with van der Waals surface area (Å²) in [6.07, 6.45) is 3.17. The summed E-state index contributed by atoms with van der Waals surface area (Å²) in [6, 6.07) is 16.8. The molecule has 1 amide bonds. The molecule has 0 aliphatic rings. The van der Waals surface area contributed by atoms with Gasteiger partial charge in [-0.05, 0) is 36.1 Å². The molecule has 0 radical (unpaired) electrons. The second-order valence-electron chi connectivity index (χ2n) is 7.25. The molecule has 3 rings (SSSR count). The number of nitrogens with zero attached hydrogens (tertiary/aromatic N) is 1. The van der Waals surface area contributed by atoms with Crippen LogP contribution in [0.4, 0.5) is 5.69 Å². The topological polar surface area (TPSA) is 65.3 Å². The summed E-state index contributed by atoms with van der Waals surface area (Å²) >= 11 is 0. The monoisotopic (exact) mass is 416 g/mol. The lowest BCUT2D eigenvalue weighted by atomic mass is 10.0. The Balaban J connectivity index is 2.20. The molecular formula is C26H28N2O3. The molecule has 1 N–H and O–H groups in total. The number of rotatable bonds is 8. The maximum atomic E-state index is 13.6. The van der Waals surface area contributed by atoms with Crippen LogP contribution in [0.15, 0.2) is 67.3 Å². The van der Waals surface area contributed by atoms with Crippen LogP contribution in [-0.4, -0.2) is 12.5 Å². The zero-order chi connectivity index (χ0) is 22.4. The fourth-order valence-electron chi connectivity index (χ4n) is 3.63. The Hall–Kier alpha value is -3.60. The highest BCUT2D eigenvalue weighted by Crippen LogP contribution is 2.31. The van der Waals surface area contributed by atoms with Crippen LogP contribution in [0.2, 0.25) is 0 Å².